The first-order valence-corrected chi connectivity index (χ1v) is 7.69. The van der Waals surface area contributed by atoms with Crippen LogP contribution < -0.4 is 4.72 Å². The molecule has 0 aliphatic carbocycles. The van der Waals surface area contributed by atoms with Gasteiger partial charge in [0.15, 0.2) is 0 Å². The second kappa shape index (κ2) is 5.77. The van der Waals surface area contributed by atoms with Gasteiger partial charge in [0.05, 0.1) is 6.54 Å². The number of nitrogens with one attached hydrogen (secondary N) is 1. The summed E-state index contributed by atoms with van der Waals surface area (Å²) in [6.07, 6.45) is 4.58. The number of hydrogen-bond acceptors (Lipinski definition) is 4. The Hall–Kier alpha value is -0.990. The monoisotopic (exact) mass is 273 g/mol. The average Bonchev–Trinajstić information content (AvgIpc) is 2.85. The van der Waals surface area contributed by atoms with Gasteiger partial charge in [0.25, 0.3) is 10.2 Å². The Balaban J connectivity index is 1.96. The van der Waals surface area contributed by atoms with Crippen molar-refractivity contribution in [3.05, 3.63) is 12.2 Å². The molecule has 1 aromatic rings. The molecule has 18 heavy (non-hydrogen) atoms. The summed E-state index contributed by atoms with van der Waals surface area (Å²) in [5.74, 6) is 0.637. The number of aryl methyl sites for hydroxylation is 1. The van der Waals surface area contributed by atoms with Gasteiger partial charge in [-0.05, 0) is 19.8 Å². The molecule has 1 N–H and O–H groups in total. The maximum absolute atomic E-state index is 12.0. The van der Waals surface area contributed by atoms with Crippen molar-refractivity contribution < 1.29 is 8.42 Å². The van der Waals surface area contributed by atoms with Crippen LogP contribution in [0.25, 0.3) is 0 Å². The van der Waals surface area contributed by atoms with Gasteiger partial charge in [0.2, 0.25) is 0 Å². The van der Waals surface area contributed by atoms with Gasteiger partial charge in [-0.1, -0.05) is 6.42 Å². The third kappa shape index (κ3) is 3.06. The van der Waals surface area contributed by atoms with Crippen LogP contribution in [0.2, 0.25) is 0 Å². The molecule has 1 aliphatic heterocycles. The Bertz CT molecular complexity index is 478. The molecule has 1 aliphatic rings. The van der Waals surface area contributed by atoms with Crippen LogP contribution >= 0.6 is 0 Å². The van der Waals surface area contributed by atoms with Gasteiger partial charge >= 0.3 is 0 Å². The second-order valence-electron chi connectivity index (χ2n) is 4.32. The molecule has 7 nitrogen and oxygen atoms in total. The Morgan fingerprint density at radius 1 is 1.33 bits per heavy atom. The maximum Gasteiger partial charge on any atom is 0.279 e. The predicted molar refractivity (Wildman–Crippen MR) is 66.9 cm³/mol. The summed E-state index contributed by atoms with van der Waals surface area (Å²) in [5.41, 5.74) is 0. The summed E-state index contributed by atoms with van der Waals surface area (Å²) in [4.78, 5) is 0. The first kappa shape index (κ1) is 13.4. The van der Waals surface area contributed by atoms with E-state index in [1.807, 2.05) is 11.5 Å². The summed E-state index contributed by atoms with van der Waals surface area (Å²) in [6.45, 7) is 4.10. The SMILES string of the molecule is CCn1cnnc1CNS(=O)(=O)N1CCCCC1. The Kier molecular flexibility index (Phi) is 4.31. The van der Waals surface area contributed by atoms with E-state index < -0.39 is 10.2 Å². The van der Waals surface area contributed by atoms with Crippen molar-refractivity contribution in [1.29, 1.82) is 0 Å². The standard InChI is InChI=1S/C10H19N5O2S/c1-2-14-9-11-13-10(14)8-12-18(16,17)15-6-4-3-5-7-15/h9,12H,2-8H2,1H3. The zero-order valence-corrected chi connectivity index (χ0v) is 11.4. The van der Waals surface area contributed by atoms with Crippen LogP contribution in [0.1, 0.15) is 32.0 Å². The summed E-state index contributed by atoms with van der Waals surface area (Å²) < 4.78 is 30.0. The third-order valence-electron chi connectivity index (χ3n) is 3.10. The highest BCUT2D eigenvalue weighted by Gasteiger charge is 2.23. The Morgan fingerprint density at radius 3 is 2.72 bits per heavy atom. The number of rotatable bonds is 5. The van der Waals surface area contributed by atoms with Crippen molar-refractivity contribution in [2.24, 2.45) is 0 Å². The van der Waals surface area contributed by atoms with Gasteiger partial charge in [0, 0.05) is 19.6 Å². The van der Waals surface area contributed by atoms with Crippen LogP contribution in [-0.4, -0.2) is 40.6 Å². The van der Waals surface area contributed by atoms with Crippen molar-refractivity contribution in [2.45, 2.75) is 39.3 Å². The molecule has 0 amide bonds. The molecule has 102 valence electrons. The van der Waals surface area contributed by atoms with Crippen LogP contribution in [0.5, 0.6) is 0 Å². The quantitative estimate of drug-likeness (QED) is 0.826. The zero-order valence-electron chi connectivity index (χ0n) is 10.5. The molecule has 0 aromatic carbocycles. The van der Waals surface area contributed by atoms with E-state index in [0.29, 0.717) is 18.9 Å². The van der Waals surface area contributed by atoms with Gasteiger partial charge in [-0.2, -0.15) is 17.4 Å². The smallest absolute Gasteiger partial charge is 0.279 e. The van der Waals surface area contributed by atoms with Crippen molar-refractivity contribution >= 4 is 10.2 Å². The normalized spacial score (nSPS) is 18.1. The maximum atomic E-state index is 12.0. The lowest BCUT2D eigenvalue weighted by atomic mass is 10.2. The highest BCUT2D eigenvalue weighted by atomic mass is 32.2. The van der Waals surface area contributed by atoms with Gasteiger partial charge in [-0.25, -0.2) is 0 Å². The van der Waals surface area contributed by atoms with Gasteiger partial charge in [-0.15, -0.1) is 10.2 Å². The zero-order chi connectivity index (χ0) is 13.0. The molecule has 0 bridgehead atoms. The van der Waals surface area contributed by atoms with Crippen molar-refractivity contribution in [3.63, 3.8) is 0 Å². The highest BCUT2D eigenvalue weighted by molar-refractivity contribution is 7.87. The lowest BCUT2D eigenvalue weighted by Crippen LogP contribution is -2.43. The van der Waals surface area contributed by atoms with Crippen LogP contribution in [0.3, 0.4) is 0 Å². The van der Waals surface area contributed by atoms with E-state index in [9.17, 15) is 8.42 Å². The van der Waals surface area contributed by atoms with Crippen LogP contribution in [0.15, 0.2) is 6.33 Å². The minimum absolute atomic E-state index is 0.187. The average molecular weight is 273 g/mol. The summed E-state index contributed by atoms with van der Waals surface area (Å²) in [5, 5.41) is 7.67. The van der Waals surface area contributed by atoms with Crippen LogP contribution in [-0.2, 0) is 23.3 Å². The lowest BCUT2D eigenvalue weighted by Gasteiger charge is -2.25. The first-order valence-electron chi connectivity index (χ1n) is 6.25. The Morgan fingerprint density at radius 2 is 2.06 bits per heavy atom. The third-order valence-corrected chi connectivity index (χ3v) is 4.66. The molecule has 0 spiro atoms. The number of aromatic nitrogens is 3. The van der Waals surface area contributed by atoms with Crippen molar-refractivity contribution in [1.82, 2.24) is 23.8 Å². The molecular weight excluding hydrogens is 254 g/mol. The molecular formula is C10H19N5O2S. The largest absolute Gasteiger partial charge is 0.317 e. The van der Waals surface area contributed by atoms with Crippen LogP contribution in [0, 0.1) is 0 Å². The molecule has 1 fully saturated rings. The minimum Gasteiger partial charge on any atom is -0.317 e. The van der Waals surface area contributed by atoms with E-state index in [4.69, 9.17) is 0 Å². The topological polar surface area (TPSA) is 80.1 Å². The van der Waals surface area contributed by atoms with Gasteiger partial charge < -0.3 is 4.57 Å². The molecule has 2 heterocycles. The van der Waals surface area contributed by atoms with E-state index in [-0.39, 0.29) is 6.54 Å². The van der Waals surface area contributed by atoms with E-state index in [0.717, 1.165) is 25.8 Å². The van der Waals surface area contributed by atoms with Gasteiger partial charge in [-0.3, -0.25) is 0 Å². The van der Waals surface area contributed by atoms with E-state index in [1.165, 1.54) is 4.31 Å². The fourth-order valence-corrected chi connectivity index (χ4v) is 3.27. The Labute approximate surface area is 107 Å². The van der Waals surface area contributed by atoms with E-state index >= 15 is 0 Å². The number of hydrogen-bond donors (Lipinski definition) is 1. The minimum atomic E-state index is -3.38. The fraction of sp³-hybridized carbons (Fsp3) is 0.800. The van der Waals surface area contributed by atoms with E-state index in [1.54, 1.807) is 6.33 Å². The molecule has 1 aromatic heterocycles. The highest BCUT2D eigenvalue weighted by Crippen LogP contribution is 2.12. The molecule has 0 atom stereocenters. The number of nitrogens with zero attached hydrogens (tertiary/aromatic N) is 4. The molecule has 1 saturated heterocycles. The lowest BCUT2D eigenvalue weighted by molar-refractivity contribution is 0.341. The molecule has 8 heteroatoms. The van der Waals surface area contributed by atoms with Gasteiger partial charge in [0.1, 0.15) is 12.2 Å². The summed E-state index contributed by atoms with van der Waals surface area (Å²) >= 11 is 0. The molecule has 0 unspecified atom stereocenters. The van der Waals surface area contributed by atoms with Crippen molar-refractivity contribution in [3.8, 4) is 0 Å². The van der Waals surface area contributed by atoms with Crippen LogP contribution in [0.4, 0.5) is 0 Å². The van der Waals surface area contributed by atoms with E-state index in [2.05, 4.69) is 14.9 Å². The number of piperidine rings is 1. The second-order valence-corrected chi connectivity index (χ2v) is 6.07. The summed E-state index contributed by atoms with van der Waals surface area (Å²) in [6, 6.07) is 0. The van der Waals surface area contributed by atoms with Crippen molar-refractivity contribution in [2.75, 3.05) is 13.1 Å². The fourth-order valence-electron chi connectivity index (χ4n) is 2.03. The molecule has 0 radical (unpaired) electrons. The molecule has 2 rings (SSSR count). The first-order chi connectivity index (χ1) is 8.63. The molecule has 0 saturated carbocycles. The predicted octanol–water partition coefficient (Wildman–Crippen LogP) is 0.118. The summed E-state index contributed by atoms with van der Waals surface area (Å²) in [7, 11) is -3.38.